The van der Waals surface area contributed by atoms with E-state index in [4.69, 9.17) is 11.6 Å². The molecule has 102 valence electrons. The van der Waals surface area contributed by atoms with E-state index in [1.165, 1.54) is 11.8 Å². The third-order valence-corrected chi connectivity index (χ3v) is 3.84. The summed E-state index contributed by atoms with van der Waals surface area (Å²) >= 11 is 7.27. The average Bonchev–Trinajstić information content (AvgIpc) is 2.78. The topological polar surface area (TPSA) is 63.6 Å². The van der Waals surface area contributed by atoms with Gasteiger partial charge in [0.05, 0.1) is 0 Å². The van der Waals surface area contributed by atoms with E-state index in [1.807, 2.05) is 30.0 Å². The van der Waals surface area contributed by atoms with Crippen LogP contribution in [0.4, 0.5) is 0 Å². The van der Waals surface area contributed by atoms with E-state index in [0.717, 1.165) is 5.56 Å². The van der Waals surface area contributed by atoms with E-state index >= 15 is 0 Å². The Morgan fingerprint density at radius 1 is 1.25 bits per heavy atom. The first kappa shape index (κ1) is 13.2. The van der Waals surface area contributed by atoms with E-state index < -0.39 is 0 Å². The number of imidazole rings is 1. The number of nitrogens with zero attached hydrogens (tertiary/aromatic N) is 3. The van der Waals surface area contributed by atoms with E-state index in [0.29, 0.717) is 27.2 Å². The molecule has 1 N–H and O–H groups in total. The lowest BCUT2D eigenvalue weighted by molar-refractivity contribution is 0.901. The molecule has 0 radical (unpaired) electrons. The summed E-state index contributed by atoms with van der Waals surface area (Å²) < 4.78 is 1.81. The fraction of sp³-hybridized carbons (Fsp3) is 0.154. The van der Waals surface area contributed by atoms with Crippen molar-refractivity contribution in [1.29, 1.82) is 0 Å². The normalized spacial score (nSPS) is 11.2. The molecule has 0 amide bonds. The van der Waals surface area contributed by atoms with Gasteiger partial charge in [-0.25, -0.2) is 9.97 Å². The predicted molar refractivity (Wildman–Crippen MR) is 81.4 cm³/mol. The molecule has 3 rings (SSSR count). The third kappa shape index (κ3) is 2.10. The van der Waals surface area contributed by atoms with Crippen molar-refractivity contribution in [3.05, 3.63) is 39.6 Å². The number of fused-ring (bicyclic) bond motifs is 1. The summed E-state index contributed by atoms with van der Waals surface area (Å²) in [4.78, 5) is 23.5. The Balaban J connectivity index is 2.28. The van der Waals surface area contributed by atoms with Crippen LogP contribution in [0.3, 0.4) is 0 Å². The van der Waals surface area contributed by atoms with Gasteiger partial charge in [-0.1, -0.05) is 23.4 Å². The van der Waals surface area contributed by atoms with Crippen molar-refractivity contribution >= 4 is 34.5 Å². The molecule has 0 saturated heterocycles. The minimum atomic E-state index is -0.227. The molecule has 0 bridgehead atoms. The monoisotopic (exact) mass is 306 g/mol. The number of halogens is 1. The molecule has 0 saturated carbocycles. The zero-order valence-corrected chi connectivity index (χ0v) is 12.4. The number of aromatic amines is 1. The second kappa shape index (κ2) is 4.96. The lowest BCUT2D eigenvalue weighted by Crippen LogP contribution is -2.09. The first-order valence-electron chi connectivity index (χ1n) is 5.87. The van der Waals surface area contributed by atoms with Gasteiger partial charge in [0.2, 0.25) is 0 Å². The van der Waals surface area contributed by atoms with Crippen molar-refractivity contribution in [1.82, 2.24) is 19.5 Å². The predicted octanol–water partition coefficient (Wildman–Crippen LogP) is 2.70. The number of hydrogen-bond acceptors (Lipinski definition) is 4. The van der Waals surface area contributed by atoms with Crippen molar-refractivity contribution in [2.45, 2.75) is 5.16 Å². The van der Waals surface area contributed by atoms with E-state index in [9.17, 15) is 4.79 Å². The molecule has 0 aliphatic heterocycles. The van der Waals surface area contributed by atoms with Crippen LogP contribution < -0.4 is 5.56 Å². The van der Waals surface area contributed by atoms with Gasteiger partial charge in [-0.2, -0.15) is 0 Å². The van der Waals surface area contributed by atoms with Crippen LogP contribution in [0.5, 0.6) is 0 Å². The van der Waals surface area contributed by atoms with Crippen molar-refractivity contribution in [2.75, 3.05) is 6.26 Å². The molecule has 5 nitrogen and oxygen atoms in total. The van der Waals surface area contributed by atoms with Crippen LogP contribution in [0.25, 0.3) is 22.6 Å². The average molecular weight is 307 g/mol. The van der Waals surface area contributed by atoms with Gasteiger partial charge in [0.15, 0.2) is 16.3 Å². The Bertz CT molecular complexity index is 838. The first-order valence-corrected chi connectivity index (χ1v) is 7.47. The fourth-order valence-corrected chi connectivity index (χ4v) is 2.50. The highest BCUT2D eigenvalue weighted by molar-refractivity contribution is 7.98. The molecule has 0 aliphatic carbocycles. The quantitative estimate of drug-likeness (QED) is 0.584. The Hall–Kier alpha value is -1.79. The molecule has 20 heavy (non-hydrogen) atoms. The van der Waals surface area contributed by atoms with E-state index in [-0.39, 0.29) is 5.56 Å². The molecule has 1 aromatic carbocycles. The van der Waals surface area contributed by atoms with Crippen molar-refractivity contribution < 1.29 is 0 Å². The number of H-pyrrole nitrogens is 1. The first-order chi connectivity index (χ1) is 9.60. The molecule has 0 atom stereocenters. The minimum Gasteiger partial charge on any atom is -0.312 e. The third-order valence-electron chi connectivity index (χ3n) is 3.00. The lowest BCUT2D eigenvalue weighted by atomic mass is 10.2. The van der Waals surface area contributed by atoms with Crippen LogP contribution in [-0.4, -0.2) is 25.8 Å². The van der Waals surface area contributed by atoms with Gasteiger partial charge in [0.25, 0.3) is 5.56 Å². The highest BCUT2D eigenvalue weighted by atomic mass is 35.5. The molecular weight excluding hydrogens is 296 g/mol. The standard InChI is InChI=1S/C13H11ClN4OS/c1-18-10(7-3-5-8(14)6-4-7)15-9-11(18)16-13(20-2)17-12(9)19/h3-6H,1-2H3,(H,16,17,19). The number of aryl methyl sites for hydroxylation is 1. The zero-order valence-electron chi connectivity index (χ0n) is 10.8. The second-order valence-electron chi connectivity index (χ2n) is 4.25. The van der Waals surface area contributed by atoms with Gasteiger partial charge in [0.1, 0.15) is 5.82 Å². The summed E-state index contributed by atoms with van der Waals surface area (Å²) in [6.45, 7) is 0. The Labute approximate surface area is 124 Å². The second-order valence-corrected chi connectivity index (χ2v) is 5.48. The smallest absolute Gasteiger partial charge is 0.279 e. The number of benzene rings is 1. The SMILES string of the molecule is CSc1nc2c(nc(-c3ccc(Cl)cc3)n2C)c(=O)[nH]1. The summed E-state index contributed by atoms with van der Waals surface area (Å²) in [5, 5.41) is 1.24. The molecule has 2 heterocycles. The molecule has 0 aliphatic rings. The van der Waals surface area contributed by atoms with Gasteiger partial charge in [-0.15, -0.1) is 0 Å². The summed E-state index contributed by atoms with van der Waals surface area (Å²) in [7, 11) is 1.84. The molecule has 0 spiro atoms. The summed E-state index contributed by atoms with van der Waals surface area (Å²) in [6, 6.07) is 7.32. The van der Waals surface area contributed by atoms with Gasteiger partial charge in [-0.05, 0) is 30.5 Å². The Morgan fingerprint density at radius 3 is 2.60 bits per heavy atom. The maximum atomic E-state index is 12.0. The van der Waals surface area contributed by atoms with Crippen LogP contribution in [0.2, 0.25) is 5.02 Å². The summed E-state index contributed by atoms with van der Waals surface area (Å²) in [5.74, 6) is 0.688. The number of rotatable bonds is 2. The maximum absolute atomic E-state index is 12.0. The fourth-order valence-electron chi connectivity index (χ4n) is 2.00. The minimum absolute atomic E-state index is 0.227. The van der Waals surface area contributed by atoms with Crippen LogP contribution >= 0.6 is 23.4 Å². The van der Waals surface area contributed by atoms with E-state index in [1.54, 1.807) is 12.1 Å². The van der Waals surface area contributed by atoms with Crippen LogP contribution in [0.15, 0.2) is 34.2 Å². The molecule has 2 aromatic heterocycles. The van der Waals surface area contributed by atoms with Crippen molar-refractivity contribution in [3.8, 4) is 11.4 Å². The Morgan fingerprint density at radius 2 is 1.95 bits per heavy atom. The van der Waals surface area contributed by atoms with Crippen LogP contribution in [-0.2, 0) is 7.05 Å². The highest BCUT2D eigenvalue weighted by Gasteiger charge is 2.14. The van der Waals surface area contributed by atoms with Crippen LogP contribution in [0.1, 0.15) is 0 Å². The highest BCUT2D eigenvalue weighted by Crippen LogP contribution is 2.23. The molecule has 0 unspecified atom stereocenters. The number of hydrogen-bond donors (Lipinski definition) is 1. The molecule has 3 aromatic rings. The molecule has 0 fully saturated rings. The van der Waals surface area contributed by atoms with Gasteiger partial charge >= 0.3 is 0 Å². The molecule has 7 heteroatoms. The maximum Gasteiger partial charge on any atom is 0.279 e. The van der Waals surface area contributed by atoms with Gasteiger partial charge < -0.3 is 4.57 Å². The number of nitrogens with one attached hydrogen (secondary N) is 1. The van der Waals surface area contributed by atoms with E-state index in [2.05, 4.69) is 15.0 Å². The van der Waals surface area contributed by atoms with Crippen LogP contribution in [0, 0.1) is 0 Å². The van der Waals surface area contributed by atoms with Gasteiger partial charge in [-0.3, -0.25) is 9.78 Å². The zero-order chi connectivity index (χ0) is 14.3. The number of aromatic nitrogens is 4. The summed E-state index contributed by atoms with van der Waals surface area (Å²) in [5.41, 5.74) is 1.58. The molecular formula is C13H11ClN4OS. The van der Waals surface area contributed by atoms with Gasteiger partial charge in [0, 0.05) is 17.6 Å². The lowest BCUT2D eigenvalue weighted by Gasteiger charge is -2.02. The largest absolute Gasteiger partial charge is 0.312 e. The van der Waals surface area contributed by atoms with Crippen molar-refractivity contribution in [3.63, 3.8) is 0 Å². The summed E-state index contributed by atoms with van der Waals surface area (Å²) in [6.07, 6.45) is 1.86. The Kier molecular flexibility index (Phi) is 3.27. The number of thioether (sulfide) groups is 1. The van der Waals surface area contributed by atoms with Crippen molar-refractivity contribution in [2.24, 2.45) is 7.05 Å².